The number of carbonyl (C=O) groups is 1. The van der Waals surface area contributed by atoms with E-state index in [1.165, 1.54) is 6.07 Å². The average molecular weight is 274 g/mol. The summed E-state index contributed by atoms with van der Waals surface area (Å²) < 4.78 is 18.4. The Morgan fingerprint density at radius 1 is 1.44 bits per heavy atom. The average Bonchev–Trinajstić information content (AvgIpc) is 2.37. The van der Waals surface area contributed by atoms with E-state index in [0.717, 1.165) is 0 Å². The Morgan fingerprint density at radius 3 is 2.72 bits per heavy atom. The van der Waals surface area contributed by atoms with Crippen LogP contribution in [0.15, 0.2) is 18.2 Å². The van der Waals surface area contributed by atoms with Crippen LogP contribution in [0, 0.1) is 12.7 Å². The first-order valence-electron chi connectivity index (χ1n) is 5.70. The quantitative estimate of drug-likeness (QED) is 0.745. The molecule has 100 valence electrons. The van der Waals surface area contributed by atoms with E-state index >= 15 is 0 Å². The third-order valence-electron chi connectivity index (χ3n) is 2.63. The van der Waals surface area contributed by atoms with Crippen LogP contribution in [0.25, 0.3) is 0 Å². The highest BCUT2D eigenvalue weighted by atomic mass is 35.5. The van der Waals surface area contributed by atoms with Crippen LogP contribution >= 0.6 is 11.6 Å². The lowest BCUT2D eigenvalue weighted by molar-refractivity contribution is 0.0707. The molecule has 0 bridgehead atoms. The first-order chi connectivity index (χ1) is 8.60. The molecule has 0 aromatic heterocycles. The lowest BCUT2D eigenvalue weighted by atomic mass is 10.1. The van der Waals surface area contributed by atoms with Crippen molar-refractivity contribution in [3.63, 3.8) is 0 Å². The van der Waals surface area contributed by atoms with E-state index in [4.69, 9.17) is 16.3 Å². The Kier molecular flexibility index (Phi) is 6.09. The van der Waals surface area contributed by atoms with Gasteiger partial charge in [0.25, 0.3) is 5.91 Å². The molecule has 1 aromatic carbocycles. The molecule has 0 aliphatic heterocycles. The second-order valence-electron chi connectivity index (χ2n) is 3.94. The maximum absolute atomic E-state index is 13.4. The molecule has 0 radical (unpaired) electrons. The molecule has 0 atom stereocenters. The topological polar surface area (TPSA) is 29.5 Å². The third-order valence-corrected chi connectivity index (χ3v) is 2.79. The van der Waals surface area contributed by atoms with E-state index in [2.05, 4.69) is 0 Å². The second-order valence-corrected chi connectivity index (χ2v) is 4.32. The largest absolute Gasteiger partial charge is 0.383 e. The second kappa shape index (κ2) is 7.34. The minimum atomic E-state index is -0.376. The monoisotopic (exact) mass is 273 g/mol. The van der Waals surface area contributed by atoms with Gasteiger partial charge in [-0.2, -0.15) is 0 Å². The molecule has 0 heterocycles. The molecular weight excluding hydrogens is 257 g/mol. The van der Waals surface area contributed by atoms with Crippen LogP contribution in [0.5, 0.6) is 0 Å². The number of halogens is 2. The molecule has 0 N–H and O–H groups in total. The third kappa shape index (κ3) is 3.96. The number of alkyl halides is 1. The molecule has 0 saturated carbocycles. The molecule has 0 aliphatic carbocycles. The zero-order chi connectivity index (χ0) is 13.5. The standard InChI is InChI=1S/C13H17ClFNO2/c1-10-3-4-11(9-12(10)15)13(17)16(6-5-14)7-8-18-2/h3-4,9H,5-8H2,1-2H3. The molecule has 0 fully saturated rings. The van der Waals surface area contributed by atoms with Gasteiger partial charge in [0.1, 0.15) is 5.82 Å². The molecule has 1 amide bonds. The SMILES string of the molecule is COCCN(CCCl)C(=O)c1ccc(C)c(F)c1. The van der Waals surface area contributed by atoms with Crippen LogP contribution in [0.3, 0.4) is 0 Å². The predicted molar refractivity (Wildman–Crippen MR) is 69.6 cm³/mol. The summed E-state index contributed by atoms with van der Waals surface area (Å²) in [7, 11) is 1.56. The number of amides is 1. The van der Waals surface area contributed by atoms with Gasteiger partial charge in [-0.05, 0) is 24.6 Å². The molecule has 1 aromatic rings. The van der Waals surface area contributed by atoms with Crippen molar-refractivity contribution in [1.82, 2.24) is 4.90 Å². The maximum atomic E-state index is 13.4. The number of hydrogen-bond acceptors (Lipinski definition) is 2. The molecule has 0 spiro atoms. The normalized spacial score (nSPS) is 10.4. The number of rotatable bonds is 6. The van der Waals surface area contributed by atoms with E-state index in [1.54, 1.807) is 31.1 Å². The molecule has 0 saturated heterocycles. The van der Waals surface area contributed by atoms with E-state index in [1.807, 2.05) is 0 Å². The first kappa shape index (κ1) is 14.9. The van der Waals surface area contributed by atoms with Crippen molar-refractivity contribution < 1.29 is 13.9 Å². The molecule has 5 heteroatoms. The highest BCUT2D eigenvalue weighted by Gasteiger charge is 2.16. The molecule has 3 nitrogen and oxygen atoms in total. The Hall–Kier alpha value is -1.13. The van der Waals surface area contributed by atoms with Crippen LogP contribution in [0.1, 0.15) is 15.9 Å². The summed E-state index contributed by atoms with van der Waals surface area (Å²) >= 11 is 5.65. The highest BCUT2D eigenvalue weighted by Crippen LogP contribution is 2.11. The Labute approximate surface area is 111 Å². The summed E-state index contributed by atoms with van der Waals surface area (Å²) in [6.45, 7) is 2.94. The predicted octanol–water partition coefficient (Wildman–Crippen LogP) is 2.46. The van der Waals surface area contributed by atoms with Crippen molar-refractivity contribution in [2.24, 2.45) is 0 Å². The van der Waals surface area contributed by atoms with E-state index < -0.39 is 0 Å². The maximum Gasteiger partial charge on any atom is 0.254 e. The molecule has 18 heavy (non-hydrogen) atoms. The van der Waals surface area contributed by atoms with Crippen molar-refractivity contribution in [2.75, 3.05) is 32.7 Å². The number of hydrogen-bond donors (Lipinski definition) is 0. The van der Waals surface area contributed by atoms with E-state index in [0.29, 0.717) is 36.7 Å². The summed E-state index contributed by atoms with van der Waals surface area (Å²) in [6, 6.07) is 4.47. The van der Waals surface area contributed by atoms with Gasteiger partial charge in [0, 0.05) is 31.6 Å². The molecule has 0 unspecified atom stereocenters. The number of carbonyl (C=O) groups excluding carboxylic acids is 1. The molecule has 0 aliphatic rings. The van der Waals surface area contributed by atoms with Gasteiger partial charge in [0.15, 0.2) is 0 Å². The van der Waals surface area contributed by atoms with Gasteiger partial charge < -0.3 is 9.64 Å². The van der Waals surface area contributed by atoms with Gasteiger partial charge in [-0.25, -0.2) is 4.39 Å². The van der Waals surface area contributed by atoms with Crippen molar-refractivity contribution in [3.8, 4) is 0 Å². The minimum absolute atomic E-state index is 0.230. The number of aryl methyl sites for hydroxylation is 1. The Balaban J connectivity index is 2.83. The zero-order valence-corrected chi connectivity index (χ0v) is 11.3. The fourth-order valence-corrected chi connectivity index (χ4v) is 1.73. The van der Waals surface area contributed by atoms with Crippen molar-refractivity contribution in [1.29, 1.82) is 0 Å². The van der Waals surface area contributed by atoms with Gasteiger partial charge in [-0.3, -0.25) is 4.79 Å². The van der Waals surface area contributed by atoms with Crippen molar-refractivity contribution in [3.05, 3.63) is 35.1 Å². The van der Waals surface area contributed by atoms with Crippen LogP contribution in [-0.4, -0.2) is 43.5 Å². The van der Waals surface area contributed by atoms with Crippen LogP contribution < -0.4 is 0 Å². The lowest BCUT2D eigenvalue weighted by Crippen LogP contribution is -2.35. The van der Waals surface area contributed by atoms with E-state index in [9.17, 15) is 9.18 Å². The Bertz CT molecular complexity index is 412. The fourth-order valence-electron chi connectivity index (χ4n) is 1.53. The van der Waals surface area contributed by atoms with Crippen molar-refractivity contribution >= 4 is 17.5 Å². The number of nitrogens with zero attached hydrogens (tertiary/aromatic N) is 1. The van der Waals surface area contributed by atoms with Gasteiger partial charge >= 0.3 is 0 Å². The molecule has 1 rings (SSSR count). The van der Waals surface area contributed by atoms with Gasteiger partial charge in [-0.15, -0.1) is 11.6 Å². The summed E-state index contributed by atoms with van der Waals surface area (Å²) in [5.41, 5.74) is 0.853. The lowest BCUT2D eigenvalue weighted by Gasteiger charge is -2.21. The minimum Gasteiger partial charge on any atom is -0.383 e. The summed E-state index contributed by atoms with van der Waals surface area (Å²) in [5, 5.41) is 0. The van der Waals surface area contributed by atoms with Crippen LogP contribution in [0.2, 0.25) is 0 Å². The zero-order valence-electron chi connectivity index (χ0n) is 10.6. The smallest absolute Gasteiger partial charge is 0.254 e. The molecular formula is C13H17ClFNO2. The van der Waals surface area contributed by atoms with Gasteiger partial charge in [0.2, 0.25) is 0 Å². The summed E-state index contributed by atoms with van der Waals surface area (Å²) in [4.78, 5) is 13.7. The number of benzene rings is 1. The van der Waals surface area contributed by atoms with Crippen molar-refractivity contribution in [2.45, 2.75) is 6.92 Å². The number of methoxy groups -OCH3 is 1. The summed E-state index contributed by atoms with van der Waals surface area (Å²) in [5.74, 6) is -0.269. The summed E-state index contributed by atoms with van der Waals surface area (Å²) in [6.07, 6.45) is 0. The Morgan fingerprint density at radius 2 is 2.17 bits per heavy atom. The van der Waals surface area contributed by atoms with Crippen LogP contribution in [0.4, 0.5) is 4.39 Å². The first-order valence-corrected chi connectivity index (χ1v) is 6.24. The fraction of sp³-hybridized carbons (Fsp3) is 0.462. The van der Waals surface area contributed by atoms with Gasteiger partial charge in [-0.1, -0.05) is 6.07 Å². The van der Waals surface area contributed by atoms with Gasteiger partial charge in [0.05, 0.1) is 6.61 Å². The van der Waals surface area contributed by atoms with E-state index in [-0.39, 0.29) is 11.7 Å². The number of ether oxygens (including phenoxy) is 1. The van der Waals surface area contributed by atoms with Crippen LogP contribution in [-0.2, 0) is 4.74 Å². The highest BCUT2D eigenvalue weighted by molar-refractivity contribution is 6.18.